The van der Waals surface area contributed by atoms with Gasteiger partial charge in [-0.05, 0) is 44.5 Å². The Morgan fingerprint density at radius 2 is 2.10 bits per heavy atom. The fourth-order valence-electron chi connectivity index (χ4n) is 3.03. The maximum absolute atomic E-state index is 4.47. The highest BCUT2D eigenvalue weighted by molar-refractivity contribution is 5.57. The number of pyridine rings is 1. The molecular formula is C16H23N5. The third-order valence-corrected chi connectivity index (χ3v) is 4.46. The average molecular weight is 285 g/mol. The van der Waals surface area contributed by atoms with Crippen LogP contribution in [0.25, 0.3) is 5.82 Å². The van der Waals surface area contributed by atoms with Gasteiger partial charge in [-0.1, -0.05) is 6.92 Å². The molecular weight excluding hydrogens is 262 g/mol. The first-order chi connectivity index (χ1) is 10.1. The predicted molar refractivity (Wildman–Crippen MR) is 84.6 cm³/mol. The zero-order valence-corrected chi connectivity index (χ0v) is 12.9. The molecule has 21 heavy (non-hydrogen) atoms. The zero-order chi connectivity index (χ0) is 14.8. The van der Waals surface area contributed by atoms with Crippen molar-refractivity contribution in [3.8, 4) is 5.82 Å². The minimum absolute atomic E-state index is 0.467. The molecule has 1 aliphatic rings. The number of hydrogen-bond donors (Lipinski definition) is 1. The van der Waals surface area contributed by atoms with Crippen LogP contribution in [0, 0.1) is 5.92 Å². The molecule has 1 fully saturated rings. The highest BCUT2D eigenvalue weighted by Crippen LogP contribution is 2.26. The molecule has 0 saturated carbocycles. The summed E-state index contributed by atoms with van der Waals surface area (Å²) >= 11 is 0. The van der Waals surface area contributed by atoms with Gasteiger partial charge >= 0.3 is 0 Å². The van der Waals surface area contributed by atoms with Crippen LogP contribution in [0.4, 0.5) is 5.69 Å². The molecule has 2 aromatic rings. The Balaban J connectivity index is 1.82. The van der Waals surface area contributed by atoms with E-state index < -0.39 is 0 Å². The van der Waals surface area contributed by atoms with Gasteiger partial charge in [0.1, 0.15) is 0 Å². The molecule has 0 radical (unpaired) electrons. The summed E-state index contributed by atoms with van der Waals surface area (Å²) in [4.78, 5) is 6.90. The molecule has 5 heteroatoms. The van der Waals surface area contributed by atoms with Crippen LogP contribution in [0.1, 0.15) is 20.3 Å². The molecule has 1 saturated heterocycles. The van der Waals surface area contributed by atoms with Crippen LogP contribution in [-0.2, 0) is 0 Å². The van der Waals surface area contributed by atoms with E-state index in [1.54, 1.807) is 6.20 Å². The lowest BCUT2D eigenvalue weighted by Crippen LogP contribution is -2.48. The van der Waals surface area contributed by atoms with Gasteiger partial charge in [-0.3, -0.25) is 0 Å². The fraction of sp³-hybridized carbons (Fsp3) is 0.500. The van der Waals surface area contributed by atoms with E-state index in [9.17, 15) is 0 Å². The normalized spacial score (nSPS) is 26.7. The van der Waals surface area contributed by atoms with Crippen molar-refractivity contribution in [2.45, 2.75) is 32.4 Å². The van der Waals surface area contributed by atoms with Crippen LogP contribution in [0.5, 0.6) is 0 Å². The van der Waals surface area contributed by atoms with Crippen molar-refractivity contribution in [1.82, 2.24) is 19.7 Å². The number of nitrogens with zero attached hydrogens (tertiary/aromatic N) is 4. The second kappa shape index (κ2) is 5.85. The molecule has 3 heterocycles. The molecule has 0 amide bonds. The van der Waals surface area contributed by atoms with Crippen molar-refractivity contribution in [1.29, 1.82) is 0 Å². The van der Waals surface area contributed by atoms with E-state index in [1.165, 1.54) is 0 Å². The van der Waals surface area contributed by atoms with Crippen molar-refractivity contribution in [3.05, 3.63) is 36.8 Å². The van der Waals surface area contributed by atoms with Crippen LogP contribution in [0.3, 0.4) is 0 Å². The molecule has 0 bridgehead atoms. The summed E-state index contributed by atoms with van der Waals surface area (Å²) in [5.74, 6) is 1.47. The zero-order valence-electron chi connectivity index (χ0n) is 12.9. The monoisotopic (exact) mass is 285 g/mol. The Kier molecular flexibility index (Phi) is 3.92. The Hall–Kier alpha value is -1.88. The quantitative estimate of drug-likeness (QED) is 0.940. The van der Waals surface area contributed by atoms with Crippen LogP contribution < -0.4 is 5.32 Å². The lowest BCUT2D eigenvalue weighted by Gasteiger charge is -2.40. The third-order valence-electron chi connectivity index (χ3n) is 4.46. The van der Waals surface area contributed by atoms with E-state index in [0.717, 1.165) is 24.5 Å². The highest BCUT2D eigenvalue weighted by atomic mass is 15.3. The molecule has 1 N–H and O–H groups in total. The maximum atomic E-state index is 4.47. The smallest absolute Gasteiger partial charge is 0.176 e. The topological polar surface area (TPSA) is 46.0 Å². The van der Waals surface area contributed by atoms with Gasteiger partial charge in [-0.15, -0.1) is 0 Å². The molecule has 0 aromatic carbocycles. The number of anilines is 1. The van der Waals surface area contributed by atoms with E-state index in [1.807, 2.05) is 29.2 Å². The maximum Gasteiger partial charge on any atom is 0.176 e. The number of nitrogens with one attached hydrogen (secondary N) is 1. The van der Waals surface area contributed by atoms with Crippen molar-refractivity contribution in [3.63, 3.8) is 0 Å². The van der Waals surface area contributed by atoms with Crippen molar-refractivity contribution in [2.75, 3.05) is 18.9 Å². The molecule has 3 rings (SSSR count). The van der Waals surface area contributed by atoms with Crippen molar-refractivity contribution >= 4 is 5.69 Å². The second-order valence-electron chi connectivity index (χ2n) is 6.08. The average Bonchev–Trinajstić information content (AvgIpc) is 2.99. The Labute approximate surface area is 126 Å². The summed E-state index contributed by atoms with van der Waals surface area (Å²) in [6.45, 7) is 5.72. The number of aromatic nitrogens is 3. The van der Waals surface area contributed by atoms with E-state index in [2.05, 4.69) is 47.3 Å². The minimum atomic E-state index is 0.467. The van der Waals surface area contributed by atoms with Crippen LogP contribution in [0.2, 0.25) is 0 Å². The van der Waals surface area contributed by atoms with Gasteiger partial charge in [0.15, 0.2) is 5.82 Å². The predicted octanol–water partition coefficient (Wildman–Crippen LogP) is 2.41. The van der Waals surface area contributed by atoms with Gasteiger partial charge in [-0.25, -0.2) is 9.67 Å². The summed E-state index contributed by atoms with van der Waals surface area (Å²) in [6.07, 6.45) is 6.65. The second-order valence-corrected chi connectivity index (χ2v) is 6.08. The van der Waals surface area contributed by atoms with Gasteiger partial charge in [0, 0.05) is 37.2 Å². The van der Waals surface area contributed by atoms with E-state index >= 15 is 0 Å². The van der Waals surface area contributed by atoms with Crippen molar-refractivity contribution in [2.24, 2.45) is 5.92 Å². The number of likely N-dealkylation sites (tertiary alicyclic amines) is 1. The summed E-state index contributed by atoms with van der Waals surface area (Å²) in [5, 5.41) is 7.98. The summed E-state index contributed by atoms with van der Waals surface area (Å²) in [6, 6.07) is 7.04. The summed E-state index contributed by atoms with van der Waals surface area (Å²) in [5.41, 5.74) is 1.05. The fourth-order valence-corrected chi connectivity index (χ4v) is 3.03. The van der Waals surface area contributed by atoms with Crippen LogP contribution in [-0.4, -0.2) is 45.3 Å². The highest BCUT2D eigenvalue weighted by Gasteiger charge is 2.29. The molecule has 2 aromatic heterocycles. The summed E-state index contributed by atoms with van der Waals surface area (Å²) < 4.78 is 1.81. The summed E-state index contributed by atoms with van der Waals surface area (Å²) in [7, 11) is 2.20. The van der Waals surface area contributed by atoms with Crippen LogP contribution in [0.15, 0.2) is 36.8 Å². The SMILES string of the molecule is CC1CN(C)C(C)CC1Nc1cccnc1-n1cccn1. The molecule has 0 spiro atoms. The molecule has 3 atom stereocenters. The van der Waals surface area contributed by atoms with Gasteiger partial charge in [-0.2, -0.15) is 5.10 Å². The van der Waals surface area contributed by atoms with E-state index in [0.29, 0.717) is 18.0 Å². The molecule has 112 valence electrons. The minimum Gasteiger partial charge on any atom is -0.379 e. The number of rotatable bonds is 3. The van der Waals surface area contributed by atoms with Gasteiger partial charge < -0.3 is 10.2 Å². The van der Waals surface area contributed by atoms with Crippen molar-refractivity contribution < 1.29 is 0 Å². The first-order valence-electron chi connectivity index (χ1n) is 7.57. The lowest BCUT2D eigenvalue weighted by atomic mass is 9.89. The van der Waals surface area contributed by atoms with Gasteiger partial charge in [0.25, 0.3) is 0 Å². The van der Waals surface area contributed by atoms with E-state index in [-0.39, 0.29) is 0 Å². The van der Waals surface area contributed by atoms with Gasteiger partial charge in [0.05, 0.1) is 5.69 Å². The number of piperidine rings is 1. The largest absolute Gasteiger partial charge is 0.379 e. The Morgan fingerprint density at radius 3 is 2.86 bits per heavy atom. The molecule has 0 aliphatic carbocycles. The van der Waals surface area contributed by atoms with Gasteiger partial charge in [0.2, 0.25) is 0 Å². The molecule has 5 nitrogen and oxygen atoms in total. The first kappa shape index (κ1) is 14.1. The lowest BCUT2D eigenvalue weighted by molar-refractivity contribution is 0.145. The van der Waals surface area contributed by atoms with Crippen LogP contribution >= 0.6 is 0 Å². The Bertz CT molecular complexity index is 580. The van der Waals surface area contributed by atoms with E-state index in [4.69, 9.17) is 0 Å². The Morgan fingerprint density at radius 1 is 1.24 bits per heavy atom. The standard InChI is InChI=1S/C16H23N5/c1-12-11-20(3)13(2)10-15(12)19-14-6-4-7-17-16(14)21-9-5-8-18-21/h4-9,12-13,15,19H,10-11H2,1-3H3. The third kappa shape index (κ3) is 2.93. The molecule has 3 unspecified atom stereocenters. The first-order valence-corrected chi connectivity index (χ1v) is 7.57. The molecule has 1 aliphatic heterocycles. The number of hydrogen-bond acceptors (Lipinski definition) is 4.